The van der Waals surface area contributed by atoms with Crippen molar-refractivity contribution in [1.29, 1.82) is 0 Å². The van der Waals surface area contributed by atoms with Gasteiger partial charge in [0.05, 0.1) is 5.52 Å². The molecule has 0 spiro atoms. The Hall–Kier alpha value is -1.89. The van der Waals surface area contributed by atoms with Crippen LogP contribution >= 0.6 is 27.5 Å². The van der Waals surface area contributed by atoms with Crippen molar-refractivity contribution < 1.29 is 9.76 Å². The lowest BCUT2D eigenvalue weighted by Gasteiger charge is -2.26. The van der Waals surface area contributed by atoms with Gasteiger partial charge in [-0.1, -0.05) is 48.0 Å². The Labute approximate surface area is 166 Å². The van der Waals surface area contributed by atoms with E-state index in [2.05, 4.69) is 20.9 Å². The number of hydrogen-bond acceptors (Lipinski definition) is 3. The summed E-state index contributed by atoms with van der Waals surface area (Å²) in [7, 11) is -0.683. The quantitative estimate of drug-likeness (QED) is 0.505. The third-order valence-electron chi connectivity index (χ3n) is 4.11. The van der Waals surface area contributed by atoms with Crippen molar-refractivity contribution in [3.05, 3.63) is 70.3 Å². The lowest BCUT2D eigenvalue weighted by Crippen LogP contribution is -2.37. The van der Waals surface area contributed by atoms with E-state index >= 15 is 0 Å². The molecule has 0 bridgehead atoms. The van der Waals surface area contributed by atoms with E-state index in [1.54, 1.807) is 12.9 Å². The minimum Gasteiger partial charge on any atom is -0.487 e. The number of ether oxygens (including phenoxy) is 1. The van der Waals surface area contributed by atoms with Gasteiger partial charge < -0.3 is 19.6 Å². The highest BCUT2D eigenvalue weighted by Crippen LogP contribution is 2.40. The number of nitrogens with one attached hydrogen (secondary N) is 1. The van der Waals surface area contributed by atoms with Gasteiger partial charge in [0.2, 0.25) is 0 Å². The summed E-state index contributed by atoms with van der Waals surface area (Å²) < 4.78 is 6.98. The van der Waals surface area contributed by atoms with E-state index in [4.69, 9.17) is 16.3 Å². The number of hydrogen-bond donors (Lipinski definition) is 2. The lowest BCUT2D eigenvalue weighted by molar-refractivity contribution is 0.309. The fraction of sp³-hybridized carbons (Fsp3) is 0.158. The number of benzene rings is 2. The van der Waals surface area contributed by atoms with Crippen LogP contribution in [0.1, 0.15) is 5.56 Å². The summed E-state index contributed by atoms with van der Waals surface area (Å²) in [6.07, 6.45) is 3.66. The molecule has 3 aromatic rings. The molecular weight excluding hydrogens is 414 g/mol. The Morgan fingerprint density at radius 2 is 2.08 bits per heavy atom. The molecular formula is C19H19BBrClN2O2. The maximum atomic E-state index is 10.2. The molecule has 2 aromatic carbocycles. The highest BCUT2D eigenvalue weighted by Gasteiger charge is 2.22. The number of aromatic amines is 1. The second kappa shape index (κ2) is 8.67. The monoisotopic (exact) mass is 432 g/mol. The Bertz CT molecular complexity index is 899. The van der Waals surface area contributed by atoms with Crippen molar-refractivity contribution in [3.8, 4) is 5.75 Å². The minimum atomic E-state index is -0.683. The number of halogens is 2. The molecule has 1 aromatic heterocycles. The second-order valence-corrected chi connectivity index (χ2v) is 6.94. The smallest absolute Gasteiger partial charge is 0.409 e. The van der Waals surface area contributed by atoms with Crippen LogP contribution in [-0.4, -0.2) is 23.6 Å². The SMILES string of the molecule is CB(O)N(CC=CCl)c1cc(OCc2ccccc2)c2[nH]ccc2c1Br. The molecule has 0 saturated heterocycles. The van der Waals surface area contributed by atoms with Gasteiger partial charge in [0.15, 0.2) is 0 Å². The van der Waals surface area contributed by atoms with Crippen LogP contribution in [0, 0.1) is 0 Å². The summed E-state index contributed by atoms with van der Waals surface area (Å²) in [5.74, 6) is 0.729. The third-order valence-corrected chi connectivity index (χ3v) is 5.12. The van der Waals surface area contributed by atoms with Crippen LogP contribution in [-0.2, 0) is 6.61 Å². The average Bonchev–Trinajstić information content (AvgIpc) is 3.14. The maximum absolute atomic E-state index is 10.2. The summed E-state index contributed by atoms with van der Waals surface area (Å²) in [5.41, 5.74) is 4.29. The van der Waals surface area contributed by atoms with Crippen LogP contribution < -0.4 is 9.55 Å². The first-order chi connectivity index (χ1) is 12.6. The highest BCUT2D eigenvalue weighted by atomic mass is 79.9. The second-order valence-electron chi connectivity index (χ2n) is 5.89. The molecule has 0 aliphatic rings. The fourth-order valence-electron chi connectivity index (χ4n) is 2.82. The zero-order valence-electron chi connectivity index (χ0n) is 14.3. The Kier molecular flexibility index (Phi) is 6.30. The molecule has 2 N–H and O–H groups in total. The van der Waals surface area contributed by atoms with E-state index in [0.29, 0.717) is 13.2 Å². The number of nitrogens with zero attached hydrogens (tertiary/aromatic N) is 1. The summed E-state index contributed by atoms with van der Waals surface area (Å²) in [6.45, 7) is 2.67. The van der Waals surface area contributed by atoms with Crippen LogP contribution in [0.25, 0.3) is 10.9 Å². The standard InChI is InChI=1S/C19H19BBrClN2O2/c1-20(25)24(11-5-9-22)16-12-17(19-15(18(16)21)8-10-23-19)26-13-14-6-3-2-4-7-14/h2-10,12,23,25H,11,13H2,1H3. The normalized spacial score (nSPS) is 11.2. The summed E-state index contributed by atoms with van der Waals surface area (Å²) in [5, 5.41) is 11.2. The van der Waals surface area contributed by atoms with E-state index in [9.17, 15) is 5.02 Å². The molecule has 0 unspecified atom stereocenters. The van der Waals surface area contributed by atoms with Gasteiger partial charge in [-0.15, -0.1) is 0 Å². The van der Waals surface area contributed by atoms with Crippen LogP contribution in [0.3, 0.4) is 0 Å². The largest absolute Gasteiger partial charge is 0.487 e. The summed E-state index contributed by atoms with van der Waals surface area (Å²) in [6, 6.07) is 13.9. The number of H-pyrrole nitrogens is 1. The van der Waals surface area contributed by atoms with E-state index in [-0.39, 0.29) is 0 Å². The molecule has 0 aliphatic carbocycles. The predicted molar refractivity (Wildman–Crippen MR) is 113 cm³/mol. The van der Waals surface area contributed by atoms with Gasteiger partial charge in [-0.3, -0.25) is 0 Å². The van der Waals surface area contributed by atoms with Gasteiger partial charge in [-0.05, 0) is 34.4 Å². The van der Waals surface area contributed by atoms with Crippen molar-refractivity contribution in [2.75, 3.05) is 11.4 Å². The molecule has 0 aliphatic heterocycles. The molecule has 134 valence electrons. The first kappa shape index (κ1) is 18.9. The van der Waals surface area contributed by atoms with Crippen molar-refractivity contribution >= 4 is 51.2 Å². The molecule has 26 heavy (non-hydrogen) atoms. The molecule has 0 fully saturated rings. The Morgan fingerprint density at radius 3 is 2.77 bits per heavy atom. The fourth-order valence-corrected chi connectivity index (χ4v) is 3.57. The van der Waals surface area contributed by atoms with Crippen LogP contribution in [0.15, 0.2) is 64.7 Å². The molecule has 1 heterocycles. The van der Waals surface area contributed by atoms with Gasteiger partial charge in [0.1, 0.15) is 12.4 Å². The zero-order chi connectivity index (χ0) is 18.5. The molecule has 0 atom stereocenters. The molecule has 0 radical (unpaired) electrons. The Balaban J connectivity index is 2.00. The number of anilines is 1. The van der Waals surface area contributed by atoms with Crippen molar-refractivity contribution in [3.63, 3.8) is 0 Å². The van der Waals surface area contributed by atoms with Crippen LogP contribution in [0.4, 0.5) is 5.69 Å². The number of fused-ring (bicyclic) bond motifs is 1. The van der Waals surface area contributed by atoms with Gasteiger partial charge in [0, 0.05) is 39.9 Å². The lowest BCUT2D eigenvalue weighted by atomic mass is 9.84. The molecule has 0 amide bonds. The predicted octanol–water partition coefficient (Wildman–Crippen LogP) is 5.18. The van der Waals surface area contributed by atoms with Crippen molar-refractivity contribution in [2.24, 2.45) is 0 Å². The van der Waals surface area contributed by atoms with Gasteiger partial charge >= 0.3 is 7.05 Å². The minimum absolute atomic E-state index is 0.465. The van der Waals surface area contributed by atoms with E-state index in [1.807, 2.05) is 53.5 Å². The zero-order valence-corrected chi connectivity index (χ0v) is 16.7. The van der Waals surface area contributed by atoms with Crippen LogP contribution in [0.5, 0.6) is 5.75 Å². The van der Waals surface area contributed by atoms with E-state index in [0.717, 1.165) is 32.4 Å². The highest BCUT2D eigenvalue weighted by molar-refractivity contribution is 9.10. The molecule has 3 rings (SSSR count). The first-order valence-electron chi connectivity index (χ1n) is 8.28. The van der Waals surface area contributed by atoms with Crippen LogP contribution in [0.2, 0.25) is 6.82 Å². The molecule has 0 saturated carbocycles. The van der Waals surface area contributed by atoms with Crippen molar-refractivity contribution in [2.45, 2.75) is 13.4 Å². The first-order valence-corrected chi connectivity index (χ1v) is 9.51. The molecule has 7 heteroatoms. The third kappa shape index (κ3) is 4.09. The number of rotatable bonds is 7. The molecule has 4 nitrogen and oxygen atoms in total. The van der Waals surface area contributed by atoms with Gasteiger partial charge in [-0.25, -0.2) is 0 Å². The topological polar surface area (TPSA) is 48.5 Å². The van der Waals surface area contributed by atoms with E-state index in [1.165, 1.54) is 5.54 Å². The summed E-state index contributed by atoms with van der Waals surface area (Å²) >= 11 is 9.34. The maximum Gasteiger partial charge on any atom is 0.409 e. The van der Waals surface area contributed by atoms with Gasteiger partial charge in [-0.2, -0.15) is 0 Å². The van der Waals surface area contributed by atoms with Gasteiger partial charge in [0.25, 0.3) is 0 Å². The van der Waals surface area contributed by atoms with E-state index < -0.39 is 7.05 Å². The van der Waals surface area contributed by atoms with Crippen molar-refractivity contribution in [1.82, 2.24) is 4.98 Å². The number of aromatic nitrogens is 1. The Morgan fingerprint density at radius 1 is 1.31 bits per heavy atom. The summed E-state index contributed by atoms with van der Waals surface area (Å²) in [4.78, 5) is 5.07. The average molecular weight is 434 g/mol.